The molecule has 0 aliphatic rings. The predicted molar refractivity (Wildman–Crippen MR) is 59.1 cm³/mol. The van der Waals surface area contributed by atoms with Gasteiger partial charge in [0.1, 0.15) is 0 Å². The Morgan fingerprint density at radius 1 is 1.27 bits per heavy atom. The summed E-state index contributed by atoms with van der Waals surface area (Å²) < 4.78 is 0. The first kappa shape index (κ1) is 18.0. The van der Waals surface area contributed by atoms with E-state index in [1.807, 2.05) is 13.8 Å². The van der Waals surface area contributed by atoms with E-state index in [0.29, 0.717) is 6.04 Å². The van der Waals surface area contributed by atoms with Gasteiger partial charge in [0.2, 0.25) is 0 Å². The Hall–Kier alpha value is 1.07. The molecule has 11 heavy (non-hydrogen) atoms. The highest BCUT2D eigenvalue weighted by Crippen LogP contribution is 2.00. The van der Waals surface area contributed by atoms with E-state index in [2.05, 4.69) is 13.8 Å². The van der Waals surface area contributed by atoms with Crippen LogP contribution in [0.3, 0.4) is 0 Å². The lowest BCUT2D eigenvalue weighted by Gasteiger charge is -1.86. The van der Waals surface area contributed by atoms with Gasteiger partial charge in [-0.1, -0.05) is 38.3 Å². The van der Waals surface area contributed by atoms with Crippen LogP contribution in [-0.4, -0.2) is 19.3 Å². The first-order valence-electron chi connectivity index (χ1n) is 3.94. The summed E-state index contributed by atoms with van der Waals surface area (Å²) in [6, 6.07) is 0.333. The lowest BCUT2D eigenvalue weighted by Crippen LogP contribution is -2.06. The topological polar surface area (TPSA) is 26.0 Å². The minimum atomic E-state index is -0.688. The van der Waals surface area contributed by atoms with E-state index in [9.17, 15) is 0 Å². The van der Waals surface area contributed by atoms with E-state index in [4.69, 9.17) is 15.8 Å². The Balaban J connectivity index is -0.000000114. The molecule has 0 rings (SSSR count). The van der Waals surface area contributed by atoms with Crippen LogP contribution >= 0.6 is 22.5 Å². The van der Waals surface area contributed by atoms with Crippen LogP contribution in [0, 0.1) is 0 Å². The maximum atomic E-state index is 5.79. The third-order valence-corrected chi connectivity index (χ3v) is 4.51. The number of hydrogen-bond acceptors (Lipinski definition) is 1. The van der Waals surface area contributed by atoms with Crippen LogP contribution < -0.4 is 5.73 Å². The first-order valence-corrected chi connectivity index (χ1v) is 7.32. The molecule has 0 aromatic rings. The zero-order valence-electron chi connectivity index (χ0n) is 7.93. The summed E-state index contributed by atoms with van der Waals surface area (Å²) in [5.41, 5.74) is 5.11. The van der Waals surface area contributed by atoms with Gasteiger partial charge in [-0.25, -0.2) is 0 Å². The molecule has 1 nitrogen and oxygen atoms in total. The quantitative estimate of drug-likeness (QED) is 0.705. The van der Waals surface area contributed by atoms with Crippen molar-refractivity contribution in [3.8, 4) is 0 Å². The molecule has 0 aliphatic carbocycles. The molecule has 0 atom stereocenters. The highest BCUT2D eigenvalue weighted by atomic mass is 35.6. The van der Waals surface area contributed by atoms with E-state index in [1.54, 1.807) is 0 Å². The van der Waals surface area contributed by atoms with E-state index >= 15 is 0 Å². The van der Waals surface area contributed by atoms with Crippen molar-refractivity contribution in [2.24, 2.45) is 5.73 Å². The largest absolute Gasteiger partial charge is 0.399 e. The van der Waals surface area contributed by atoms with Gasteiger partial charge >= 0.3 is 13.2 Å². The second kappa shape index (κ2) is 13.6. The van der Waals surface area contributed by atoms with Gasteiger partial charge in [0.15, 0.2) is 0 Å². The normalized spacial score (nSPS) is 7.91. The fraction of sp³-hybridized carbons (Fsp3) is 1.00. The molecule has 0 aromatic carbocycles. The van der Waals surface area contributed by atoms with Crippen molar-refractivity contribution in [2.45, 2.75) is 44.3 Å². The molecular weight excluding hydrogens is 196 g/mol. The van der Waals surface area contributed by atoms with Gasteiger partial charge in [-0.2, -0.15) is 0 Å². The van der Waals surface area contributed by atoms with Gasteiger partial charge in [0, 0.05) is 0 Å². The molecule has 0 spiro atoms. The highest BCUT2D eigenvalue weighted by molar-refractivity contribution is 7.06. The SMILES string of the molecule is CC(C)N.C[CH2][Al]([Cl])[CH2]C.Cl. The molecular formula is C7H20AlCl2N. The van der Waals surface area contributed by atoms with Gasteiger partial charge in [-0.15, -0.1) is 12.4 Å². The van der Waals surface area contributed by atoms with Gasteiger partial charge < -0.3 is 5.73 Å². The lowest BCUT2D eigenvalue weighted by molar-refractivity contribution is 0.834. The van der Waals surface area contributed by atoms with Crippen molar-refractivity contribution < 1.29 is 0 Å². The Bertz CT molecular complexity index is 55.6. The third-order valence-electron chi connectivity index (χ3n) is 0.886. The molecule has 0 saturated carbocycles. The van der Waals surface area contributed by atoms with Crippen molar-refractivity contribution in [3.05, 3.63) is 0 Å². The van der Waals surface area contributed by atoms with Gasteiger partial charge in [-0.3, -0.25) is 10.0 Å². The van der Waals surface area contributed by atoms with Crippen LogP contribution in [0.15, 0.2) is 0 Å². The number of rotatable bonds is 2. The number of halogens is 2. The Kier molecular flexibility index (Phi) is 22.3. The molecule has 0 heterocycles. The third kappa shape index (κ3) is 35.4. The zero-order chi connectivity index (χ0) is 8.57. The van der Waals surface area contributed by atoms with Gasteiger partial charge in [0.05, 0.1) is 0 Å². The molecule has 0 fully saturated rings. The van der Waals surface area contributed by atoms with Crippen molar-refractivity contribution in [2.75, 3.05) is 0 Å². The summed E-state index contributed by atoms with van der Waals surface area (Å²) >= 11 is -0.688. The average molecular weight is 216 g/mol. The van der Waals surface area contributed by atoms with Crippen molar-refractivity contribution in [1.82, 2.24) is 0 Å². The second-order valence-corrected chi connectivity index (χ2v) is 7.34. The average Bonchev–Trinajstić information content (AvgIpc) is 1.85. The van der Waals surface area contributed by atoms with Crippen LogP contribution in [-0.2, 0) is 0 Å². The zero-order valence-corrected chi connectivity index (χ0v) is 10.7. The monoisotopic (exact) mass is 215 g/mol. The summed E-state index contributed by atoms with van der Waals surface area (Å²) in [7, 11) is 5.79. The molecule has 70 valence electrons. The smallest absolute Gasteiger partial charge is 0.328 e. The predicted octanol–water partition coefficient (Wildman–Crippen LogP) is 3.03. The number of nitrogens with two attached hydrogens (primary N) is 1. The maximum Gasteiger partial charge on any atom is 0.399 e. The van der Waals surface area contributed by atoms with Crippen LogP contribution in [0.4, 0.5) is 0 Å². The van der Waals surface area contributed by atoms with Crippen LogP contribution in [0.2, 0.25) is 10.6 Å². The minimum absolute atomic E-state index is 0. The molecule has 0 bridgehead atoms. The van der Waals surface area contributed by atoms with Crippen LogP contribution in [0.1, 0.15) is 27.7 Å². The standard InChI is InChI=1S/C3H9N.2C2H5.Al.2ClH/c1-3(2)4;2*1-2;;;/h3H,4H2,1-2H3;2*1H2,2H3;;2*1H/q;;;+1;;/p-1. The summed E-state index contributed by atoms with van der Waals surface area (Å²) in [5, 5.41) is 2.47. The molecule has 0 radical (unpaired) electrons. The summed E-state index contributed by atoms with van der Waals surface area (Å²) in [6.45, 7) is 8.21. The Labute approximate surface area is 85.7 Å². The highest BCUT2D eigenvalue weighted by Gasteiger charge is 2.04. The molecule has 0 unspecified atom stereocenters. The van der Waals surface area contributed by atoms with Crippen molar-refractivity contribution in [3.63, 3.8) is 0 Å². The van der Waals surface area contributed by atoms with E-state index in [-0.39, 0.29) is 12.4 Å². The Morgan fingerprint density at radius 3 is 1.45 bits per heavy atom. The first-order chi connectivity index (χ1) is 4.54. The fourth-order valence-corrected chi connectivity index (χ4v) is 0.866. The molecule has 0 aliphatic heterocycles. The lowest BCUT2D eigenvalue weighted by atomic mass is 10.5. The molecule has 2 N–H and O–H groups in total. The Morgan fingerprint density at radius 2 is 1.45 bits per heavy atom. The van der Waals surface area contributed by atoms with E-state index < -0.39 is 13.2 Å². The fourth-order valence-electron chi connectivity index (χ4n) is 0.289. The number of hydrogen-bond donors (Lipinski definition) is 1. The summed E-state index contributed by atoms with van der Waals surface area (Å²) in [4.78, 5) is 0. The minimum Gasteiger partial charge on any atom is -0.328 e. The summed E-state index contributed by atoms with van der Waals surface area (Å²) in [6.07, 6.45) is 0. The van der Waals surface area contributed by atoms with Gasteiger partial charge in [-0.05, 0) is 6.04 Å². The maximum absolute atomic E-state index is 5.79. The second-order valence-electron chi connectivity index (χ2n) is 2.66. The summed E-state index contributed by atoms with van der Waals surface area (Å²) in [5.74, 6) is 0. The van der Waals surface area contributed by atoms with E-state index in [1.165, 1.54) is 10.6 Å². The van der Waals surface area contributed by atoms with Gasteiger partial charge in [0.25, 0.3) is 0 Å². The molecule has 4 heteroatoms. The van der Waals surface area contributed by atoms with Crippen LogP contribution in [0.5, 0.6) is 0 Å². The van der Waals surface area contributed by atoms with Crippen molar-refractivity contribution >= 4 is 35.7 Å². The van der Waals surface area contributed by atoms with Crippen LogP contribution in [0.25, 0.3) is 0 Å². The molecule has 0 aromatic heterocycles. The molecule has 0 saturated heterocycles. The molecule has 0 amide bonds. The van der Waals surface area contributed by atoms with E-state index in [0.717, 1.165) is 0 Å². The van der Waals surface area contributed by atoms with Crippen molar-refractivity contribution in [1.29, 1.82) is 0 Å².